The molecule has 0 spiro atoms. The summed E-state index contributed by atoms with van der Waals surface area (Å²) in [6.07, 6.45) is 3.73. The van der Waals surface area contributed by atoms with Crippen LogP contribution >= 0.6 is 11.8 Å². The van der Waals surface area contributed by atoms with Gasteiger partial charge in [-0.1, -0.05) is 11.8 Å². The molecule has 1 unspecified atom stereocenters. The van der Waals surface area contributed by atoms with E-state index in [0.29, 0.717) is 0 Å². The van der Waals surface area contributed by atoms with Crippen LogP contribution in [-0.4, -0.2) is 32.2 Å². The molecule has 2 aliphatic heterocycles. The molecule has 2 aromatic rings. The van der Waals surface area contributed by atoms with Gasteiger partial charge in [0.25, 0.3) is 0 Å². The first kappa shape index (κ1) is 11.2. The molecule has 4 heterocycles. The summed E-state index contributed by atoms with van der Waals surface area (Å²) >= 11 is 1.73. The standard InChI is InChI=1S/C12H13N5OS/c1-2-7-19-12-15-14-10-8-4-3-5-13-9(8)11(18-6-1)16-17(10)12/h3-5,11,16H,1-2,6-7H2. The third-order valence-electron chi connectivity index (χ3n) is 3.26. The topological polar surface area (TPSA) is 64.9 Å². The normalized spacial score (nSPS) is 21.4. The van der Waals surface area contributed by atoms with E-state index in [1.807, 2.05) is 16.8 Å². The number of thioether (sulfide) groups is 1. The SMILES string of the molecule is c1cnc2c(c1)-c1nnc3n1NC2OCCCCS3. The number of ether oxygens (including phenoxy) is 1. The maximum absolute atomic E-state index is 5.91. The molecular weight excluding hydrogens is 262 g/mol. The van der Waals surface area contributed by atoms with Gasteiger partial charge in [-0.15, -0.1) is 10.2 Å². The molecule has 2 aromatic heterocycles. The van der Waals surface area contributed by atoms with Crippen molar-refractivity contribution >= 4 is 11.8 Å². The zero-order valence-corrected chi connectivity index (χ0v) is 11.1. The second kappa shape index (κ2) is 4.50. The van der Waals surface area contributed by atoms with Gasteiger partial charge in [-0.3, -0.25) is 10.4 Å². The van der Waals surface area contributed by atoms with Crippen molar-refractivity contribution in [3.8, 4) is 11.4 Å². The summed E-state index contributed by atoms with van der Waals surface area (Å²) < 4.78 is 7.83. The number of aromatic nitrogens is 4. The van der Waals surface area contributed by atoms with E-state index in [9.17, 15) is 0 Å². The molecule has 0 radical (unpaired) electrons. The van der Waals surface area contributed by atoms with Crippen LogP contribution in [0.25, 0.3) is 11.4 Å². The molecule has 6 nitrogen and oxygen atoms in total. The lowest BCUT2D eigenvalue weighted by atomic mass is 10.1. The summed E-state index contributed by atoms with van der Waals surface area (Å²) in [4.78, 5) is 4.43. The van der Waals surface area contributed by atoms with Gasteiger partial charge < -0.3 is 4.74 Å². The molecule has 7 heteroatoms. The van der Waals surface area contributed by atoms with Gasteiger partial charge >= 0.3 is 0 Å². The van der Waals surface area contributed by atoms with Gasteiger partial charge in [0.2, 0.25) is 5.16 Å². The predicted octanol–water partition coefficient (Wildman–Crippen LogP) is 1.80. The molecule has 0 amide bonds. The molecule has 98 valence electrons. The smallest absolute Gasteiger partial charge is 0.210 e. The van der Waals surface area contributed by atoms with E-state index in [2.05, 4.69) is 20.6 Å². The number of rotatable bonds is 0. The maximum atomic E-state index is 5.91. The van der Waals surface area contributed by atoms with E-state index in [0.717, 1.165) is 47.4 Å². The molecule has 1 N–H and O–H groups in total. The summed E-state index contributed by atoms with van der Waals surface area (Å²) in [6, 6.07) is 3.93. The van der Waals surface area contributed by atoms with Crippen molar-refractivity contribution in [3.05, 3.63) is 24.0 Å². The summed E-state index contributed by atoms with van der Waals surface area (Å²) in [6.45, 7) is 0.737. The lowest BCUT2D eigenvalue weighted by molar-refractivity contribution is 0.0555. The van der Waals surface area contributed by atoms with Crippen molar-refractivity contribution in [2.24, 2.45) is 0 Å². The Bertz CT molecular complexity index is 614. The van der Waals surface area contributed by atoms with Crippen LogP contribution in [0.3, 0.4) is 0 Å². The minimum atomic E-state index is -0.225. The van der Waals surface area contributed by atoms with Crippen molar-refractivity contribution in [2.75, 3.05) is 17.8 Å². The Labute approximate surface area is 114 Å². The number of nitrogens with one attached hydrogen (secondary N) is 1. The Kier molecular flexibility index (Phi) is 2.66. The van der Waals surface area contributed by atoms with Crippen LogP contribution in [0.4, 0.5) is 0 Å². The van der Waals surface area contributed by atoms with Crippen LogP contribution in [-0.2, 0) is 4.74 Å². The van der Waals surface area contributed by atoms with Crippen LogP contribution in [0, 0.1) is 0 Å². The first-order valence-electron chi connectivity index (χ1n) is 6.35. The Balaban J connectivity index is 1.88. The molecular formula is C12H13N5OS. The second-order valence-corrected chi connectivity index (χ2v) is 5.58. The zero-order chi connectivity index (χ0) is 12.7. The van der Waals surface area contributed by atoms with Crippen LogP contribution < -0.4 is 5.43 Å². The quantitative estimate of drug-likeness (QED) is 0.791. The third kappa shape index (κ3) is 1.81. The fourth-order valence-corrected chi connectivity index (χ4v) is 3.23. The second-order valence-electron chi connectivity index (χ2n) is 4.51. The van der Waals surface area contributed by atoms with Gasteiger partial charge in [-0.05, 0) is 25.0 Å². The lowest BCUT2D eigenvalue weighted by Crippen LogP contribution is -2.30. The molecule has 2 aliphatic rings. The largest absolute Gasteiger partial charge is 0.351 e. The van der Waals surface area contributed by atoms with Gasteiger partial charge in [0.05, 0.1) is 0 Å². The average Bonchev–Trinajstić information content (AvgIpc) is 2.87. The summed E-state index contributed by atoms with van der Waals surface area (Å²) in [5.41, 5.74) is 5.19. The number of hydrogen-bond acceptors (Lipinski definition) is 6. The van der Waals surface area contributed by atoms with E-state index in [-0.39, 0.29) is 6.23 Å². The number of hydrogen-bond donors (Lipinski definition) is 1. The zero-order valence-electron chi connectivity index (χ0n) is 10.2. The number of nitrogens with zero attached hydrogens (tertiary/aromatic N) is 4. The highest BCUT2D eigenvalue weighted by molar-refractivity contribution is 7.99. The first-order valence-corrected chi connectivity index (χ1v) is 7.34. The van der Waals surface area contributed by atoms with Crippen LogP contribution in [0.5, 0.6) is 0 Å². The third-order valence-corrected chi connectivity index (χ3v) is 4.28. The summed E-state index contributed by atoms with van der Waals surface area (Å²) in [5, 5.41) is 9.42. The molecule has 4 rings (SSSR count). The van der Waals surface area contributed by atoms with Crippen molar-refractivity contribution in [1.29, 1.82) is 0 Å². The number of pyridine rings is 1. The molecule has 19 heavy (non-hydrogen) atoms. The van der Waals surface area contributed by atoms with E-state index in [4.69, 9.17) is 4.74 Å². The monoisotopic (exact) mass is 275 g/mol. The van der Waals surface area contributed by atoms with Crippen LogP contribution in [0.1, 0.15) is 24.8 Å². The Morgan fingerprint density at radius 2 is 2.37 bits per heavy atom. The maximum Gasteiger partial charge on any atom is 0.210 e. The summed E-state index contributed by atoms with van der Waals surface area (Å²) in [5.74, 6) is 1.85. The van der Waals surface area contributed by atoms with Crippen LogP contribution in [0.2, 0.25) is 0 Å². The Hall–Kier alpha value is -1.60. The Morgan fingerprint density at radius 3 is 3.37 bits per heavy atom. The molecule has 0 fully saturated rings. The predicted molar refractivity (Wildman–Crippen MR) is 71.3 cm³/mol. The van der Waals surface area contributed by atoms with Crippen LogP contribution in [0.15, 0.2) is 23.5 Å². The van der Waals surface area contributed by atoms with Gasteiger partial charge in [0.15, 0.2) is 12.1 Å². The molecule has 0 saturated carbocycles. The van der Waals surface area contributed by atoms with Gasteiger partial charge in [0.1, 0.15) is 5.69 Å². The minimum absolute atomic E-state index is 0.225. The molecule has 1 atom stereocenters. The van der Waals surface area contributed by atoms with E-state index in [1.165, 1.54) is 0 Å². The summed E-state index contributed by atoms with van der Waals surface area (Å²) in [7, 11) is 0. The van der Waals surface area contributed by atoms with E-state index in [1.54, 1.807) is 18.0 Å². The average molecular weight is 275 g/mol. The van der Waals surface area contributed by atoms with Gasteiger partial charge in [-0.2, -0.15) is 0 Å². The fourth-order valence-electron chi connectivity index (χ4n) is 2.33. The highest BCUT2D eigenvalue weighted by Gasteiger charge is 2.29. The Morgan fingerprint density at radius 1 is 1.37 bits per heavy atom. The highest BCUT2D eigenvalue weighted by Crippen LogP contribution is 2.34. The fraction of sp³-hybridized carbons (Fsp3) is 0.417. The number of fused-ring (bicyclic) bond motifs is 4. The van der Waals surface area contributed by atoms with Crippen molar-refractivity contribution in [2.45, 2.75) is 24.2 Å². The minimum Gasteiger partial charge on any atom is -0.351 e. The van der Waals surface area contributed by atoms with Crippen molar-refractivity contribution in [3.63, 3.8) is 0 Å². The van der Waals surface area contributed by atoms with Gasteiger partial charge in [-0.25, -0.2) is 4.68 Å². The van der Waals surface area contributed by atoms with Crippen molar-refractivity contribution in [1.82, 2.24) is 19.9 Å². The molecule has 0 saturated heterocycles. The van der Waals surface area contributed by atoms with Crippen molar-refractivity contribution < 1.29 is 4.74 Å². The lowest BCUT2D eigenvalue weighted by Gasteiger charge is -2.28. The van der Waals surface area contributed by atoms with Gasteiger partial charge in [0, 0.05) is 24.1 Å². The molecule has 0 aliphatic carbocycles. The molecule has 2 bridgehead atoms. The van der Waals surface area contributed by atoms with E-state index < -0.39 is 0 Å². The highest BCUT2D eigenvalue weighted by atomic mass is 32.2. The van der Waals surface area contributed by atoms with E-state index >= 15 is 0 Å². The molecule has 0 aromatic carbocycles. The first-order chi connectivity index (χ1) is 9.43.